The number of rotatable bonds is 9. The van der Waals surface area contributed by atoms with E-state index < -0.39 is 18.0 Å². The Kier molecular flexibility index (Phi) is 8.58. The SMILES string of the molecule is CCOC(=O)c1sc(N2CC[C@@H](NC(=O)c3[nH]c(C)c(Cl)c3C#N)[C@@H](OCc3ccccc3)C2)nc1-c1nn[nH]n1. The maximum Gasteiger partial charge on any atom is 0.350 e. The first kappa shape index (κ1) is 28.2. The number of aromatic nitrogens is 6. The molecular formula is C26H26ClN9O4S. The molecule has 1 amide bonds. The number of H-pyrrole nitrogens is 2. The van der Waals surface area contributed by atoms with Gasteiger partial charge in [0, 0.05) is 18.8 Å². The largest absolute Gasteiger partial charge is 0.462 e. The number of benzene rings is 1. The zero-order valence-electron chi connectivity index (χ0n) is 22.2. The fraction of sp³-hybridized carbons (Fsp3) is 0.346. The van der Waals surface area contributed by atoms with Crippen LogP contribution in [0.5, 0.6) is 0 Å². The van der Waals surface area contributed by atoms with Crippen molar-refractivity contribution in [3.05, 3.63) is 62.7 Å². The first-order chi connectivity index (χ1) is 19.9. The molecule has 4 heterocycles. The number of carbonyl (C=O) groups excluding carboxylic acids is 2. The standard InChI is InChI=1S/C26H26ClN9O4S/c1-3-39-25(38)22-21(23-32-34-35-33-23)31-26(41-22)36-10-9-17(18(12-36)40-13-15-7-5-4-6-8-15)30-24(37)20-16(11-28)19(27)14(2)29-20/h4-8,17-18,29H,3,9-10,12-13H2,1-2H3,(H,30,37)(H,32,33,34,35)/t17-,18+/m1/s1. The zero-order chi connectivity index (χ0) is 28.9. The number of nitrogens with one attached hydrogen (secondary N) is 3. The highest BCUT2D eigenvalue weighted by atomic mass is 35.5. The molecule has 1 aliphatic heterocycles. The molecule has 3 aromatic heterocycles. The van der Waals surface area contributed by atoms with Gasteiger partial charge in [0.1, 0.15) is 27.9 Å². The number of nitriles is 1. The van der Waals surface area contributed by atoms with Gasteiger partial charge in [-0.1, -0.05) is 53.3 Å². The molecule has 1 saturated heterocycles. The number of aryl methyl sites for hydroxylation is 1. The summed E-state index contributed by atoms with van der Waals surface area (Å²) in [6, 6.07) is 11.3. The number of hydrogen-bond donors (Lipinski definition) is 3. The van der Waals surface area contributed by atoms with Crippen molar-refractivity contribution >= 4 is 39.9 Å². The van der Waals surface area contributed by atoms with E-state index in [0.29, 0.717) is 36.9 Å². The maximum atomic E-state index is 13.2. The second-order valence-corrected chi connectivity index (χ2v) is 10.6. The van der Waals surface area contributed by atoms with Crippen LogP contribution < -0.4 is 10.2 Å². The lowest BCUT2D eigenvalue weighted by molar-refractivity contribution is 0.00967. The highest BCUT2D eigenvalue weighted by Gasteiger charge is 2.35. The van der Waals surface area contributed by atoms with Crippen LogP contribution in [-0.2, 0) is 16.1 Å². The lowest BCUT2D eigenvalue weighted by Crippen LogP contribution is -2.55. The molecule has 15 heteroatoms. The third kappa shape index (κ3) is 6.07. The van der Waals surface area contributed by atoms with Crippen molar-refractivity contribution in [1.82, 2.24) is 35.9 Å². The smallest absolute Gasteiger partial charge is 0.350 e. The van der Waals surface area contributed by atoms with E-state index in [0.717, 1.165) is 5.56 Å². The number of aromatic amines is 2. The molecule has 4 aromatic rings. The van der Waals surface area contributed by atoms with Crippen molar-refractivity contribution in [2.45, 2.75) is 39.0 Å². The molecule has 0 aliphatic carbocycles. The van der Waals surface area contributed by atoms with Gasteiger partial charge in [0.2, 0.25) is 5.82 Å². The second kappa shape index (κ2) is 12.5. The van der Waals surface area contributed by atoms with Crippen LogP contribution in [-0.4, -0.2) is 74.3 Å². The molecule has 5 rings (SSSR count). The third-order valence-corrected chi connectivity index (χ3v) is 8.11. The van der Waals surface area contributed by atoms with Gasteiger partial charge in [-0.05, 0) is 31.0 Å². The molecule has 0 bridgehead atoms. The second-order valence-electron chi connectivity index (χ2n) is 9.21. The first-order valence-corrected chi connectivity index (χ1v) is 14.0. The van der Waals surface area contributed by atoms with E-state index in [1.165, 1.54) is 11.3 Å². The predicted molar refractivity (Wildman–Crippen MR) is 150 cm³/mol. The fourth-order valence-electron chi connectivity index (χ4n) is 4.51. The summed E-state index contributed by atoms with van der Waals surface area (Å²) in [7, 11) is 0. The summed E-state index contributed by atoms with van der Waals surface area (Å²) >= 11 is 7.38. The minimum Gasteiger partial charge on any atom is -0.462 e. The van der Waals surface area contributed by atoms with Crippen LogP contribution in [0.15, 0.2) is 30.3 Å². The number of nitrogens with zero attached hydrogens (tertiary/aromatic N) is 6. The van der Waals surface area contributed by atoms with Gasteiger partial charge >= 0.3 is 5.97 Å². The number of halogens is 1. The van der Waals surface area contributed by atoms with Crippen LogP contribution in [0.4, 0.5) is 5.13 Å². The number of amides is 1. The number of tetrazole rings is 1. The molecule has 1 fully saturated rings. The topological polar surface area (TPSA) is 175 Å². The minimum atomic E-state index is -0.525. The Morgan fingerprint density at radius 3 is 2.83 bits per heavy atom. The average molecular weight is 596 g/mol. The van der Waals surface area contributed by atoms with E-state index >= 15 is 0 Å². The number of carbonyl (C=O) groups is 2. The Morgan fingerprint density at radius 1 is 1.32 bits per heavy atom. The first-order valence-electron chi connectivity index (χ1n) is 12.8. The summed E-state index contributed by atoms with van der Waals surface area (Å²) in [4.78, 5) is 35.8. The van der Waals surface area contributed by atoms with Crippen LogP contribution in [0, 0.1) is 18.3 Å². The molecule has 2 atom stereocenters. The molecule has 1 aliphatic rings. The Labute approximate surface area is 243 Å². The van der Waals surface area contributed by atoms with Crippen molar-refractivity contribution in [2.24, 2.45) is 0 Å². The number of esters is 1. The summed E-state index contributed by atoms with van der Waals surface area (Å²) in [6.45, 7) is 4.83. The van der Waals surface area contributed by atoms with Crippen molar-refractivity contribution in [2.75, 3.05) is 24.6 Å². The molecule has 3 N–H and O–H groups in total. The summed E-state index contributed by atoms with van der Waals surface area (Å²) < 4.78 is 11.6. The van der Waals surface area contributed by atoms with Gasteiger partial charge in [-0.3, -0.25) is 4.79 Å². The van der Waals surface area contributed by atoms with E-state index in [1.807, 2.05) is 41.3 Å². The van der Waals surface area contributed by atoms with Crippen LogP contribution in [0.3, 0.4) is 0 Å². The molecular weight excluding hydrogens is 570 g/mol. The fourth-order valence-corrected chi connectivity index (χ4v) is 5.69. The van der Waals surface area contributed by atoms with Crippen molar-refractivity contribution in [3.63, 3.8) is 0 Å². The molecule has 13 nitrogen and oxygen atoms in total. The lowest BCUT2D eigenvalue weighted by Gasteiger charge is -2.38. The van der Waals surface area contributed by atoms with Crippen molar-refractivity contribution in [1.29, 1.82) is 5.26 Å². The highest BCUT2D eigenvalue weighted by Crippen LogP contribution is 2.34. The molecule has 0 spiro atoms. The zero-order valence-corrected chi connectivity index (χ0v) is 23.8. The van der Waals surface area contributed by atoms with Crippen LogP contribution in [0.2, 0.25) is 5.02 Å². The van der Waals surface area contributed by atoms with E-state index in [2.05, 4.69) is 35.9 Å². The number of piperidine rings is 1. The Balaban J connectivity index is 1.40. The van der Waals surface area contributed by atoms with Gasteiger partial charge in [-0.15, -0.1) is 10.2 Å². The van der Waals surface area contributed by atoms with Gasteiger partial charge in [0.05, 0.1) is 30.4 Å². The van der Waals surface area contributed by atoms with E-state index in [4.69, 9.17) is 21.1 Å². The Bertz CT molecular complexity index is 1570. The van der Waals surface area contributed by atoms with Crippen LogP contribution in [0.1, 0.15) is 50.3 Å². The van der Waals surface area contributed by atoms with E-state index in [1.54, 1.807) is 13.8 Å². The number of thiazole rings is 1. The monoisotopic (exact) mass is 595 g/mol. The number of anilines is 1. The quantitative estimate of drug-likeness (QED) is 0.243. The van der Waals surface area contributed by atoms with Gasteiger partial charge < -0.3 is 24.7 Å². The Morgan fingerprint density at radius 2 is 2.12 bits per heavy atom. The van der Waals surface area contributed by atoms with E-state index in [9.17, 15) is 14.9 Å². The average Bonchev–Trinajstić information content (AvgIpc) is 3.73. The molecule has 0 unspecified atom stereocenters. The predicted octanol–water partition coefficient (Wildman–Crippen LogP) is 3.26. The number of hydrogen-bond acceptors (Lipinski definition) is 11. The lowest BCUT2D eigenvalue weighted by atomic mass is 10.0. The summed E-state index contributed by atoms with van der Waals surface area (Å²) in [5.41, 5.74) is 2.01. The van der Waals surface area contributed by atoms with Gasteiger partial charge in [-0.2, -0.15) is 10.5 Å². The van der Waals surface area contributed by atoms with Crippen LogP contribution >= 0.6 is 22.9 Å². The summed E-state index contributed by atoms with van der Waals surface area (Å²) in [5.74, 6) is -0.785. The Hall–Kier alpha value is -4.32. The molecule has 1 aromatic carbocycles. The minimum absolute atomic E-state index is 0.101. The van der Waals surface area contributed by atoms with E-state index in [-0.39, 0.29) is 45.3 Å². The van der Waals surface area contributed by atoms with Gasteiger partial charge in [0.25, 0.3) is 5.91 Å². The van der Waals surface area contributed by atoms with Gasteiger partial charge in [0.15, 0.2) is 5.13 Å². The normalized spacial score (nSPS) is 16.8. The summed E-state index contributed by atoms with van der Waals surface area (Å²) in [6.07, 6.45) is 0.0559. The molecule has 212 valence electrons. The molecule has 0 radical (unpaired) electrons. The van der Waals surface area contributed by atoms with Crippen molar-refractivity contribution in [3.8, 4) is 17.6 Å². The number of ether oxygens (including phenoxy) is 2. The molecule has 0 saturated carbocycles. The highest BCUT2D eigenvalue weighted by molar-refractivity contribution is 7.17. The van der Waals surface area contributed by atoms with Gasteiger partial charge in [-0.25, -0.2) is 9.78 Å². The van der Waals surface area contributed by atoms with Crippen molar-refractivity contribution < 1.29 is 19.1 Å². The molecule has 41 heavy (non-hydrogen) atoms. The summed E-state index contributed by atoms with van der Waals surface area (Å²) in [5, 5.41) is 27.3. The van der Waals surface area contributed by atoms with Crippen LogP contribution in [0.25, 0.3) is 11.5 Å². The maximum absolute atomic E-state index is 13.2. The third-order valence-electron chi connectivity index (χ3n) is 6.54.